The minimum atomic E-state index is -3.66. The van der Waals surface area contributed by atoms with E-state index < -0.39 is 14.8 Å². The Balaban J connectivity index is 1.73. The molecule has 2 aliphatic heterocycles. The number of rotatable bonds is 5. The van der Waals surface area contributed by atoms with Crippen LogP contribution < -0.4 is 4.90 Å². The van der Waals surface area contributed by atoms with Gasteiger partial charge in [-0.1, -0.05) is 0 Å². The van der Waals surface area contributed by atoms with E-state index in [0.717, 1.165) is 64.3 Å². The van der Waals surface area contributed by atoms with Crippen molar-refractivity contribution in [3.63, 3.8) is 0 Å². The van der Waals surface area contributed by atoms with Crippen LogP contribution in [0.25, 0.3) is 0 Å². The predicted octanol–water partition coefficient (Wildman–Crippen LogP) is 1.16. The highest BCUT2D eigenvalue weighted by Crippen LogP contribution is 2.31. The molecule has 0 spiro atoms. The average molecular weight is 369 g/mol. The fourth-order valence-electron chi connectivity index (χ4n) is 3.51. The Bertz CT molecular complexity index is 746. The molecule has 2 fully saturated rings. The van der Waals surface area contributed by atoms with Gasteiger partial charge in [-0.3, -0.25) is 15.0 Å². The third-order valence-electron chi connectivity index (χ3n) is 4.81. The van der Waals surface area contributed by atoms with Crippen LogP contribution >= 0.6 is 0 Å². The Kier molecular flexibility index (Phi) is 5.26. The third kappa shape index (κ3) is 4.28. The number of nitrogens with zero attached hydrogens (tertiary/aromatic N) is 3. The Morgan fingerprint density at radius 3 is 2.64 bits per heavy atom. The number of nitro groups is 1. The van der Waals surface area contributed by atoms with Gasteiger partial charge in [0.05, 0.1) is 18.1 Å². The summed E-state index contributed by atoms with van der Waals surface area (Å²) < 4.78 is 29.2. The first-order valence-electron chi connectivity index (χ1n) is 8.38. The molecule has 2 saturated heterocycles. The Morgan fingerprint density at radius 2 is 2.00 bits per heavy atom. The lowest BCUT2D eigenvalue weighted by Gasteiger charge is -2.29. The van der Waals surface area contributed by atoms with Crippen LogP contribution in [-0.4, -0.2) is 70.4 Å². The van der Waals surface area contributed by atoms with E-state index in [-0.39, 0.29) is 10.6 Å². The number of ether oxygens (including phenoxy) is 1. The fourth-order valence-corrected chi connectivity index (χ4v) is 4.37. The summed E-state index contributed by atoms with van der Waals surface area (Å²) >= 11 is 0. The summed E-state index contributed by atoms with van der Waals surface area (Å²) in [4.78, 5) is 14.7. The SMILES string of the molecule is CS(=O)(=O)c1cc(N2CCC(CN3CCOCC3)C2)ccc1[N+](=O)[O-]. The van der Waals surface area contributed by atoms with Gasteiger partial charge in [0.25, 0.3) is 5.69 Å². The summed E-state index contributed by atoms with van der Waals surface area (Å²) in [5.74, 6) is 0.509. The van der Waals surface area contributed by atoms with Gasteiger partial charge in [0, 0.05) is 50.7 Å². The highest BCUT2D eigenvalue weighted by Gasteiger charge is 2.28. The van der Waals surface area contributed by atoms with Crippen molar-refractivity contribution in [2.45, 2.75) is 11.3 Å². The summed E-state index contributed by atoms with van der Waals surface area (Å²) in [5.41, 5.74) is 0.366. The van der Waals surface area contributed by atoms with Crippen LogP contribution in [0, 0.1) is 16.0 Å². The van der Waals surface area contributed by atoms with Gasteiger partial charge in [0.1, 0.15) is 4.90 Å². The van der Waals surface area contributed by atoms with E-state index in [2.05, 4.69) is 9.80 Å². The summed E-state index contributed by atoms with van der Waals surface area (Å²) in [7, 11) is -3.66. The van der Waals surface area contributed by atoms with Crippen LogP contribution in [0.1, 0.15) is 6.42 Å². The molecule has 138 valence electrons. The number of sulfone groups is 1. The molecule has 2 heterocycles. The summed E-state index contributed by atoms with van der Waals surface area (Å²) in [6.45, 7) is 6.12. The van der Waals surface area contributed by atoms with E-state index in [1.165, 1.54) is 12.1 Å². The van der Waals surface area contributed by atoms with Gasteiger partial charge in [-0.25, -0.2) is 8.42 Å². The highest BCUT2D eigenvalue weighted by molar-refractivity contribution is 7.90. The highest BCUT2D eigenvalue weighted by atomic mass is 32.2. The Labute approximate surface area is 147 Å². The molecule has 0 bridgehead atoms. The molecule has 25 heavy (non-hydrogen) atoms. The van der Waals surface area contributed by atoms with E-state index in [0.29, 0.717) is 5.92 Å². The van der Waals surface area contributed by atoms with Crippen molar-refractivity contribution < 1.29 is 18.1 Å². The van der Waals surface area contributed by atoms with E-state index in [9.17, 15) is 18.5 Å². The fraction of sp³-hybridized carbons (Fsp3) is 0.625. The van der Waals surface area contributed by atoms with Gasteiger partial charge in [-0.15, -0.1) is 0 Å². The van der Waals surface area contributed by atoms with Crippen molar-refractivity contribution in [3.05, 3.63) is 28.3 Å². The van der Waals surface area contributed by atoms with Gasteiger partial charge in [-0.2, -0.15) is 0 Å². The standard InChI is InChI=1S/C16H23N3O5S/c1-25(22,23)16-10-14(2-3-15(16)19(20)21)18-5-4-13(12-18)11-17-6-8-24-9-7-17/h2-3,10,13H,4-9,11-12H2,1H3. The molecular formula is C16H23N3O5S. The van der Waals surface area contributed by atoms with Crippen molar-refractivity contribution in [1.82, 2.24) is 4.90 Å². The molecule has 0 amide bonds. The van der Waals surface area contributed by atoms with Crippen LogP contribution in [0.2, 0.25) is 0 Å². The summed E-state index contributed by atoms with van der Waals surface area (Å²) in [6, 6.07) is 4.37. The number of nitro benzene ring substituents is 1. The molecule has 1 atom stereocenters. The molecule has 1 unspecified atom stereocenters. The van der Waals surface area contributed by atoms with Gasteiger partial charge in [-0.05, 0) is 24.5 Å². The first-order valence-corrected chi connectivity index (χ1v) is 10.3. The van der Waals surface area contributed by atoms with Crippen molar-refractivity contribution in [2.75, 3.05) is 57.1 Å². The van der Waals surface area contributed by atoms with Crippen LogP contribution in [0.5, 0.6) is 0 Å². The predicted molar refractivity (Wildman–Crippen MR) is 93.8 cm³/mol. The maximum absolute atomic E-state index is 11.9. The lowest BCUT2D eigenvalue weighted by Crippen LogP contribution is -2.39. The molecule has 2 aliphatic rings. The van der Waals surface area contributed by atoms with Crippen LogP contribution in [0.15, 0.2) is 23.1 Å². The van der Waals surface area contributed by atoms with E-state index in [1.807, 2.05) is 0 Å². The number of morpholine rings is 1. The molecule has 9 heteroatoms. The Hall–Kier alpha value is -1.71. The zero-order chi connectivity index (χ0) is 18.0. The van der Waals surface area contributed by atoms with Gasteiger partial charge >= 0.3 is 0 Å². The molecule has 0 saturated carbocycles. The van der Waals surface area contributed by atoms with E-state index >= 15 is 0 Å². The summed E-state index contributed by atoms with van der Waals surface area (Å²) in [6.07, 6.45) is 2.03. The average Bonchev–Trinajstić information content (AvgIpc) is 3.03. The molecule has 3 rings (SSSR count). The minimum absolute atomic E-state index is 0.216. The Morgan fingerprint density at radius 1 is 1.28 bits per heavy atom. The molecule has 0 radical (unpaired) electrons. The first kappa shape index (κ1) is 18.1. The minimum Gasteiger partial charge on any atom is -0.379 e. The second kappa shape index (κ2) is 7.27. The van der Waals surface area contributed by atoms with E-state index in [1.54, 1.807) is 6.07 Å². The number of anilines is 1. The van der Waals surface area contributed by atoms with Crippen molar-refractivity contribution in [1.29, 1.82) is 0 Å². The van der Waals surface area contributed by atoms with Crippen molar-refractivity contribution >= 4 is 21.2 Å². The van der Waals surface area contributed by atoms with Gasteiger partial charge in [0.2, 0.25) is 0 Å². The molecule has 1 aromatic carbocycles. The quantitative estimate of drug-likeness (QED) is 0.568. The van der Waals surface area contributed by atoms with Crippen LogP contribution in [0.4, 0.5) is 11.4 Å². The second-order valence-electron chi connectivity index (χ2n) is 6.69. The maximum Gasteiger partial charge on any atom is 0.288 e. The number of benzene rings is 1. The smallest absolute Gasteiger partial charge is 0.288 e. The molecule has 8 nitrogen and oxygen atoms in total. The molecule has 1 aromatic rings. The number of hydrogen-bond donors (Lipinski definition) is 0. The first-order chi connectivity index (χ1) is 11.8. The number of hydrogen-bond acceptors (Lipinski definition) is 7. The lowest BCUT2D eigenvalue weighted by atomic mass is 10.1. The topological polar surface area (TPSA) is 93.0 Å². The van der Waals surface area contributed by atoms with Gasteiger partial charge in [0.15, 0.2) is 9.84 Å². The molecular weight excluding hydrogens is 346 g/mol. The van der Waals surface area contributed by atoms with Crippen molar-refractivity contribution in [3.8, 4) is 0 Å². The third-order valence-corrected chi connectivity index (χ3v) is 5.94. The monoisotopic (exact) mass is 369 g/mol. The largest absolute Gasteiger partial charge is 0.379 e. The van der Waals surface area contributed by atoms with Gasteiger partial charge < -0.3 is 9.64 Å². The van der Waals surface area contributed by atoms with Crippen LogP contribution in [0.3, 0.4) is 0 Å². The summed E-state index contributed by atoms with van der Waals surface area (Å²) in [5, 5.41) is 11.1. The zero-order valence-electron chi connectivity index (χ0n) is 14.3. The van der Waals surface area contributed by atoms with Crippen LogP contribution in [-0.2, 0) is 14.6 Å². The second-order valence-corrected chi connectivity index (χ2v) is 8.68. The van der Waals surface area contributed by atoms with Crippen molar-refractivity contribution in [2.24, 2.45) is 5.92 Å². The normalized spacial score (nSPS) is 22.3. The molecule has 0 N–H and O–H groups in total. The lowest BCUT2D eigenvalue weighted by molar-refractivity contribution is -0.387. The molecule has 0 aliphatic carbocycles. The molecule has 0 aromatic heterocycles. The zero-order valence-corrected chi connectivity index (χ0v) is 15.1. The van der Waals surface area contributed by atoms with E-state index in [4.69, 9.17) is 4.74 Å². The maximum atomic E-state index is 11.9.